The predicted molar refractivity (Wildman–Crippen MR) is 48.7 cm³/mol. The monoisotopic (exact) mass is 220 g/mol. The molecule has 0 saturated heterocycles. The molecule has 0 N–H and O–H groups in total. The van der Waals surface area contributed by atoms with E-state index in [1.807, 2.05) is 13.8 Å². The molecule has 0 aromatic rings. The van der Waals surface area contributed by atoms with Crippen LogP contribution >= 0.6 is 0 Å². The average Bonchev–Trinajstić information content (AvgIpc) is 1.86. The van der Waals surface area contributed by atoms with Crippen LogP contribution in [0.5, 0.6) is 0 Å². The van der Waals surface area contributed by atoms with E-state index in [0.717, 1.165) is 0 Å². The van der Waals surface area contributed by atoms with E-state index in [1.54, 1.807) is 27.7 Å². The summed E-state index contributed by atoms with van der Waals surface area (Å²) in [6.45, 7) is 10.5. The molecule has 0 amide bonds. The average molecular weight is 220 g/mol. The van der Waals surface area contributed by atoms with Gasteiger partial charge in [0.1, 0.15) is 0 Å². The van der Waals surface area contributed by atoms with E-state index in [9.17, 15) is 10.2 Å². The first kappa shape index (κ1) is 24.9. The molecule has 0 bridgehead atoms. The second kappa shape index (κ2) is 11.4. The van der Waals surface area contributed by atoms with Crippen LogP contribution in [0.2, 0.25) is 0 Å². The maximum absolute atomic E-state index is 10.5. The first-order chi connectivity index (χ1) is 5.12. The Morgan fingerprint density at radius 1 is 0.714 bits per heavy atom. The Balaban J connectivity index is -0.0000000625. The molecule has 2 nitrogen and oxygen atoms in total. The third-order valence-electron chi connectivity index (χ3n) is 1.70. The van der Waals surface area contributed by atoms with Crippen LogP contribution in [-0.2, 0) is 0 Å². The van der Waals surface area contributed by atoms with Crippen LogP contribution in [0.15, 0.2) is 0 Å². The summed E-state index contributed by atoms with van der Waals surface area (Å²) in [6, 6.07) is 0. The fourth-order valence-corrected chi connectivity index (χ4v) is 0. The molecule has 0 heterocycles. The standard InChI is InChI=1S/2C5H11O.2Na/c2*1-4-5(2,3)6;;/h2*4H2,1-3H3;;/q2*-1;2*+1. The van der Waals surface area contributed by atoms with Gasteiger partial charge in [0.15, 0.2) is 0 Å². The summed E-state index contributed by atoms with van der Waals surface area (Å²) in [5.74, 6) is 0. The van der Waals surface area contributed by atoms with Gasteiger partial charge in [-0.1, -0.05) is 54.4 Å². The van der Waals surface area contributed by atoms with Gasteiger partial charge in [-0.3, -0.25) is 0 Å². The van der Waals surface area contributed by atoms with Crippen molar-refractivity contribution in [1.29, 1.82) is 0 Å². The van der Waals surface area contributed by atoms with Crippen molar-refractivity contribution in [2.45, 2.75) is 65.6 Å². The topological polar surface area (TPSA) is 46.1 Å². The van der Waals surface area contributed by atoms with E-state index in [0.29, 0.717) is 12.8 Å². The minimum Gasteiger partial charge on any atom is -0.850 e. The second-order valence-corrected chi connectivity index (χ2v) is 4.23. The minimum absolute atomic E-state index is 0. The van der Waals surface area contributed by atoms with Crippen molar-refractivity contribution in [3.8, 4) is 0 Å². The molecule has 0 aliphatic carbocycles. The molecule has 0 aliphatic heterocycles. The van der Waals surface area contributed by atoms with Gasteiger partial charge in [0.05, 0.1) is 0 Å². The molecular formula is C10H22Na2O2. The van der Waals surface area contributed by atoms with Crippen LogP contribution < -0.4 is 69.3 Å². The zero-order chi connectivity index (χ0) is 10.4. The van der Waals surface area contributed by atoms with E-state index in [-0.39, 0.29) is 59.1 Å². The molecule has 0 fully saturated rings. The zero-order valence-electron chi connectivity index (χ0n) is 11.2. The largest absolute Gasteiger partial charge is 1.00 e. The summed E-state index contributed by atoms with van der Waals surface area (Å²) >= 11 is 0. The first-order valence-electron chi connectivity index (χ1n) is 4.53. The maximum Gasteiger partial charge on any atom is 1.00 e. The molecule has 76 valence electrons. The third-order valence-corrected chi connectivity index (χ3v) is 1.70. The van der Waals surface area contributed by atoms with Crippen molar-refractivity contribution < 1.29 is 69.3 Å². The Labute approximate surface area is 133 Å². The molecule has 0 rings (SSSR count). The van der Waals surface area contributed by atoms with Crippen molar-refractivity contribution in [2.24, 2.45) is 0 Å². The second-order valence-electron chi connectivity index (χ2n) is 4.23. The van der Waals surface area contributed by atoms with E-state index >= 15 is 0 Å². The van der Waals surface area contributed by atoms with E-state index < -0.39 is 11.2 Å². The van der Waals surface area contributed by atoms with Gasteiger partial charge in [0.25, 0.3) is 0 Å². The van der Waals surface area contributed by atoms with Crippen LogP contribution in [0.1, 0.15) is 54.4 Å². The Morgan fingerprint density at radius 3 is 0.786 bits per heavy atom. The smallest absolute Gasteiger partial charge is 0.850 e. The van der Waals surface area contributed by atoms with Gasteiger partial charge in [0.2, 0.25) is 0 Å². The summed E-state index contributed by atoms with van der Waals surface area (Å²) in [5, 5.41) is 20.9. The molecule has 14 heavy (non-hydrogen) atoms. The van der Waals surface area contributed by atoms with Crippen molar-refractivity contribution in [2.75, 3.05) is 0 Å². The SMILES string of the molecule is CCC(C)(C)[O-].CCC(C)(C)[O-].[Na+].[Na+]. The van der Waals surface area contributed by atoms with E-state index in [2.05, 4.69) is 0 Å². The molecule has 0 aromatic carbocycles. The Bertz CT molecular complexity index is 89.7. The summed E-state index contributed by atoms with van der Waals surface area (Å²) in [4.78, 5) is 0. The van der Waals surface area contributed by atoms with E-state index in [4.69, 9.17) is 0 Å². The van der Waals surface area contributed by atoms with Crippen LogP contribution in [-0.4, -0.2) is 11.2 Å². The van der Waals surface area contributed by atoms with Crippen LogP contribution in [0, 0.1) is 0 Å². The van der Waals surface area contributed by atoms with Gasteiger partial charge in [0, 0.05) is 0 Å². The van der Waals surface area contributed by atoms with Gasteiger partial charge in [-0.25, -0.2) is 0 Å². The fraction of sp³-hybridized carbons (Fsp3) is 1.00. The van der Waals surface area contributed by atoms with Gasteiger partial charge in [-0.05, 0) is 0 Å². The summed E-state index contributed by atoms with van der Waals surface area (Å²) < 4.78 is 0. The van der Waals surface area contributed by atoms with Crippen molar-refractivity contribution in [1.82, 2.24) is 0 Å². The van der Waals surface area contributed by atoms with Gasteiger partial charge < -0.3 is 10.2 Å². The summed E-state index contributed by atoms with van der Waals surface area (Å²) in [5.41, 5.74) is -1.42. The fourth-order valence-electron chi connectivity index (χ4n) is 0. The molecular weight excluding hydrogens is 198 g/mol. The normalized spacial score (nSPS) is 10.3. The molecule has 0 atom stereocenters. The first-order valence-corrected chi connectivity index (χ1v) is 4.53. The number of hydrogen-bond donors (Lipinski definition) is 0. The summed E-state index contributed by atoms with van der Waals surface area (Å²) in [6.07, 6.45) is 1.43. The van der Waals surface area contributed by atoms with Crippen LogP contribution in [0.25, 0.3) is 0 Å². The van der Waals surface area contributed by atoms with E-state index in [1.165, 1.54) is 0 Å². The zero-order valence-corrected chi connectivity index (χ0v) is 15.2. The number of hydrogen-bond acceptors (Lipinski definition) is 2. The molecule has 0 aliphatic rings. The Morgan fingerprint density at radius 2 is 0.786 bits per heavy atom. The molecule has 0 saturated carbocycles. The van der Waals surface area contributed by atoms with Crippen molar-refractivity contribution in [3.05, 3.63) is 0 Å². The molecule has 0 spiro atoms. The molecule has 0 aromatic heterocycles. The quantitative estimate of drug-likeness (QED) is 0.438. The van der Waals surface area contributed by atoms with Crippen molar-refractivity contribution in [3.63, 3.8) is 0 Å². The van der Waals surface area contributed by atoms with Crippen LogP contribution in [0.4, 0.5) is 0 Å². The third kappa shape index (κ3) is 37.0. The molecule has 0 radical (unpaired) electrons. The summed E-state index contributed by atoms with van der Waals surface area (Å²) in [7, 11) is 0. The van der Waals surface area contributed by atoms with Gasteiger partial charge >= 0.3 is 59.1 Å². The minimum atomic E-state index is -0.708. The van der Waals surface area contributed by atoms with Crippen molar-refractivity contribution >= 4 is 0 Å². The Hall–Kier alpha value is 1.92. The van der Waals surface area contributed by atoms with Gasteiger partial charge in [-0.2, -0.15) is 0 Å². The van der Waals surface area contributed by atoms with Crippen LogP contribution in [0.3, 0.4) is 0 Å². The predicted octanol–water partition coefficient (Wildman–Crippen LogP) is -4.92. The molecule has 4 heteroatoms. The maximum atomic E-state index is 10.5. The Kier molecular flexibility index (Phi) is 20.3. The number of rotatable bonds is 2. The van der Waals surface area contributed by atoms with Gasteiger partial charge in [-0.15, -0.1) is 11.2 Å². The molecule has 0 unspecified atom stereocenters.